The molecular formula is C19H39. The second-order valence-electron chi connectivity index (χ2n) is 6.43. The summed E-state index contributed by atoms with van der Waals surface area (Å²) in [6.07, 6.45) is 21.2. The van der Waals surface area contributed by atoms with Gasteiger partial charge in [-0.3, -0.25) is 0 Å². The zero-order chi connectivity index (χ0) is 14.2. The third-order valence-corrected chi connectivity index (χ3v) is 4.25. The third kappa shape index (κ3) is 15.9. The summed E-state index contributed by atoms with van der Waals surface area (Å²) in [5.41, 5.74) is 0. The van der Waals surface area contributed by atoms with Crippen LogP contribution in [0.15, 0.2) is 0 Å². The van der Waals surface area contributed by atoms with E-state index >= 15 is 0 Å². The van der Waals surface area contributed by atoms with Crippen molar-refractivity contribution in [3.63, 3.8) is 0 Å². The van der Waals surface area contributed by atoms with E-state index in [2.05, 4.69) is 20.8 Å². The number of hydrogen-bond donors (Lipinski definition) is 0. The van der Waals surface area contributed by atoms with E-state index in [1.165, 1.54) is 89.9 Å². The topological polar surface area (TPSA) is 0 Å². The predicted octanol–water partition coefficient (Wildman–Crippen LogP) is 7.33. The summed E-state index contributed by atoms with van der Waals surface area (Å²) >= 11 is 0. The van der Waals surface area contributed by atoms with Crippen LogP contribution in [0.2, 0.25) is 0 Å². The van der Waals surface area contributed by atoms with Gasteiger partial charge >= 0.3 is 0 Å². The van der Waals surface area contributed by atoms with Crippen molar-refractivity contribution in [2.45, 2.75) is 110 Å². The molecule has 0 aromatic carbocycles. The number of rotatable bonds is 15. The Morgan fingerprint density at radius 2 is 1.05 bits per heavy atom. The fraction of sp³-hybridized carbons (Fsp3) is 0.947. The monoisotopic (exact) mass is 267 g/mol. The van der Waals surface area contributed by atoms with Gasteiger partial charge in [-0.15, -0.1) is 0 Å². The average molecular weight is 268 g/mol. The van der Waals surface area contributed by atoms with Crippen LogP contribution in [0.5, 0.6) is 0 Å². The zero-order valence-electron chi connectivity index (χ0n) is 13.9. The molecule has 0 saturated carbocycles. The Morgan fingerprint density at radius 3 is 1.53 bits per heavy atom. The maximum atomic E-state index is 3.89. The molecule has 0 heteroatoms. The number of hydrogen-bond acceptors (Lipinski definition) is 0. The molecule has 1 unspecified atom stereocenters. The average Bonchev–Trinajstić information content (AvgIpc) is 2.41. The van der Waals surface area contributed by atoms with Crippen molar-refractivity contribution in [3.8, 4) is 0 Å². The van der Waals surface area contributed by atoms with Crippen molar-refractivity contribution < 1.29 is 0 Å². The zero-order valence-corrected chi connectivity index (χ0v) is 13.9. The molecule has 0 saturated heterocycles. The van der Waals surface area contributed by atoms with Crippen LogP contribution in [0.4, 0.5) is 0 Å². The summed E-state index contributed by atoms with van der Waals surface area (Å²) in [6.45, 7) is 8.64. The molecule has 0 aliphatic rings. The summed E-state index contributed by atoms with van der Waals surface area (Å²) in [6, 6.07) is 0. The van der Waals surface area contributed by atoms with Crippen LogP contribution in [-0.4, -0.2) is 0 Å². The Hall–Kier alpha value is 0. The highest BCUT2D eigenvalue weighted by atomic mass is 14.1. The lowest BCUT2D eigenvalue weighted by Gasteiger charge is -2.10. The van der Waals surface area contributed by atoms with Crippen LogP contribution in [0.1, 0.15) is 110 Å². The Balaban J connectivity index is 3.09. The maximum Gasteiger partial charge on any atom is -0.0443 e. The van der Waals surface area contributed by atoms with Gasteiger partial charge in [-0.2, -0.15) is 0 Å². The van der Waals surface area contributed by atoms with E-state index in [0.717, 1.165) is 12.3 Å². The van der Waals surface area contributed by atoms with E-state index in [1.807, 2.05) is 0 Å². The molecule has 0 amide bonds. The van der Waals surface area contributed by atoms with E-state index < -0.39 is 0 Å². The number of unbranched alkanes of at least 4 members (excludes halogenated alkanes) is 11. The van der Waals surface area contributed by atoms with Crippen molar-refractivity contribution in [1.82, 2.24) is 0 Å². The Kier molecular flexibility index (Phi) is 16.1. The highest BCUT2D eigenvalue weighted by molar-refractivity contribution is 4.55. The van der Waals surface area contributed by atoms with E-state index in [4.69, 9.17) is 0 Å². The van der Waals surface area contributed by atoms with Gasteiger partial charge in [0.05, 0.1) is 0 Å². The van der Waals surface area contributed by atoms with Gasteiger partial charge in [0, 0.05) is 0 Å². The molecule has 0 bridgehead atoms. The van der Waals surface area contributed by atoms with Gasteiger partial charge in [0.1, 0.15) is 0 Å². The molecule has 0 spiro atoms. The Morgan fingerprint density at radius 1 is 0.632 bits per heavy atom. The largest absolute Gasteiger partial charge is 0.0654 e. The van der Waals surface area contributed by atoms with Crippen LogP contribution < -0.4 is 0 Å². The first-order valence-corrected chi connectivity index (χ1v) is 9.10. The lowest BCUT2D eigenvalue weighted by atomic mass is 9.96. The molecule has 0 nitrogen and oxygen atoms in total. The summed E-state index contributed by atoms with van der Waals surface area (Å²) < 4.78 is 0. The summed E-state index contributed by atoms with van der Waals surface area (Å²) in [5.74, 6) is 0.966. The van der Waals surface area contributed by atoms with Crippen LogP contribution in [-0.2, 0) is 0 Å². The Bertz CT molecular complexity index is 150. The summed E-state index contributed by atoms with van der Waals surface area (Å²) in [4.78, 5) is 0. The molecule has 0 aromatic rings. The van der Waals surface area contributed by atoms with Crippen LogP contribution in [0.3, 0.4) is 0 Å². The smallest absolute Gasteiger partial charge is 0.0443 e. The van der Waals surface area contributed by atoms with Gasteiger partial charge in [0.25, 0.3) is 0 Å². The standard InChI is InChI=1S/C19H39/c1-4-6-8-10-11-12-14-16-18-19(3)17-15-13-9-7-5-2/h19H,1,4-18H2,2-3H3. The molecule has 0 N–H and O–H groups in total. The van der Waals surface area contributed by atoms with Crippen molar-refractivity contribution in [2.75, 3.05) is 0 Å². The van der Waals surface area contributed by atoms with Crippen molar-refractivity contribution >= 4 is 0 Å². The lowest BCUT2D eigenvalue weighted by Crippen LogP contribution is -1.95. The fourth-order valence-corrected chi connectivity index (χ4v) is 2.79. The minimum atomic E-state index is 0.966. The maximum absolute atomic E-state index is 3.89. The molecule has 0 aliphatic heterocycles. The molecule has 0 aromatic heterocycles. The highest BCUT2D eigenvalue weighted by Gasteiger charge is 2.01. The minimum absolute atomic E-state index is 0.966. The minimum Gasteiger partial charge on any atom is -0.0654 e. The van der Waals surface area contributed by atoms with E-state index in [0.29, 0.717) is 0 Å². The predicted molar refractivity (Wildman–Crippen MR) is 89.5 cm³/mol. The SMILES string of the molecule is [CH2]CCCCCCCCCC(C)CCCCCCC. The molecule has 115 valence electrons. The molecule has 1 radical (unpaired) electrons. The van der Waals surface area contributed by atoms with Gasteiger partial charge in [-0.05, 0) is 5.92 Å². The van der Waals surface area contributed by atoms with Crippen molar-refractivity contribution in [3.05, 3.63) is 6.92 Å². The lowest BCUT2D eigenvalue weighted by molar-refractivity contribution is 0.432. The molecular weight excluding hydrogens is 228 g/mol. The Labute approximate surface area is 123 Å². The summed E-state index contributed by atoms with van der Waals surface area (Å²) in [5, 5.41) is 0. The first-order chi connectivity index (χ1) is 9.31. The van der Waals surface area contributed by atoms with Crippen LogP contribution >= 0.6 is 0 Å². The van der Waals surface area contributed by atoms with E-state index in [9.17, 15) is 0 Å². The molecule has 19 heavy (non-hydrogen) atoms. The van der Waals surface area contributed by atoms with Crippen LogP contribution in [0.25, 0.3) is 0 Å². The first kappa shape index (κ1) is 19.0. The highest BCUT2D eigenvalue weighted by Crippen LogP contribution is 2.18. The molecule has 0 fully saturated rings. The van der Waals surface area contributed by atoms with Gasteiger partial charge in [0.15, 0.2) is 0 Å². The van der Waals surface area contributed by atoms with Gasteiger partial charge in [-0.1, -0.05) is 117 Å². The quantitative estimate of drug-likeness (QED) is 0.272. The molecule has 1 atom stereocenters. The third-order valence-electron chi connectivity index (χ3n) is 4.25. The fourth-order valence-electron chi connectivity index (χ4n) is 2.79. The first-order valence-electron chi connectivity index (χ1n) is 9.10. The molecule has 0 rings (SSSR count). The van der Waals surface area contributed by atoms with Crippen molar-refractivity contribution in [1.29, 1.82) is 0 Å². The molecule has 0 heterocycles. The summed E-state index contributed by atoms with van der Waals surface area (Å²) in [7, 11) is 0. The molecule has 0 aliphatic carbocycles. The second kappa shape index (κ2) is 16.1. The normalized spacial score (nSPS) is 12.8. The van der Waals surface area contributed by atoms with Gasteiger partial charge in [0.2, 0.25) is 0 Å². The van der Waals surface area contributed by atoms with Gasteiger partial charge < -0.3 is 0 Å². The van der Waals surface area contributed by atoms with Crippen molar-refractivity contribution in [2.24, 2.45) is 5.92 Å². The van der Waals surface area contributed by atoms with Gasteiger partial charge in [-0.25, -0.2) is 0 Å². The van der Waals surface area contributed by atoms with E-state index in [-0.39, 0.29) is 0 Å². The van der Waals surface area contributed by atoms with E-state index in [1.54, 1.807) is 0 Å². The second-order valence-corrected chi connectivity index (χ2v) is 6.43. The van der Waals surface area contributed by atoms with Crippen LogP contribution in [0, 0.1) is 12.8 Å².